The van der Waals surface area contributed by atoms with Gasteiger partial charge in [0.05, 0.1) is 5.56 Å². The Kier molecular flexibility index (Phi) is 1.97. The molecule has 0 bridgehead atoms. The number of esters is 1. The molecule has 4 heteroatoms. The van der Waals surface area contributed by atoms with Crippen molar-refractivity contribution < 1.29 is 9.53 Å². The number of alkyl halides is 2. The Bertz CT molecular complexity index is 360. The first-order valence-corrected chi connectivity index (χ1v) is 4.51. The van der Waals surface area contributed by atoms with Gasteiger partial charge in [0.1, 0.15) is 6.61 Å². The van der Waals surface area contributed by atoms with E-state index in [1.54, 1.807) is 24.3 Å². The van der Waals surface area contributed by atoms with E-state index in [4.69, 9.17) is 27.9 Å². The quantitative estimate of drug-likeness (QED) is 0.492. The number of benzene rings is 1. The summed E-state index contributed by atoms with van der Waals surface area (Å²) >= 11 is 11.9. The lowest BCUT2D eigenvalue weighted by molar-refractivity contribution is 0.0455. The van der Waals surface area contributed by atoms with Gasteiger partial charge in [-0.1, -0.05) is 41.4 Å². The van der Waals surface area contributed by atoms with Gasteiger partial charge >= 0.3 is 5.97 Å². The van der Waals surface area contributed by atoms with Crippen LogP contribution in [-0.2, 0) is 9.07 Å². The van der Waals surface area contributed by atoms with Gasteiger partial charge in [-0.2, -0.15) is 0 Å². The van der Waals surface area contributed by atoms with Crippen molar-refractivity contribution in [1.82, 2.24) is 0 Å². The second kappa shape index (κ2) is 2.89. The first-order chi connectivity index (χ1) is 6.11. The Hall–Kier alpha value is -0.730. The van der Waals surface area contributed by atoms with Crippen LogP contribution in [-0.4, -0.2) is 12.6 Å². The maximum atomic E-state index is 11.2. The molecule has 0 amide bonds. The van der Waals surface area contributed by atoms with Gasteiger partial charge < -0.3 is 4.74 Å². The number of hydrogen-bond donors (Lipinski definition) is 0. The average molecular weight is 217 g/mol. The number of ether oxygens (including phenoxy) is 1. The Morgan fingerprint density at radius 2 is 2.00 bits per heavy atom. The molecule has 0 atom stereocenters. The van der Waals surface area contributed by atoms with Crippen molar-refractivity contribution in [2.75, 3.05) is 6.61 Å². The number of halogens is 2. The number of carbonyl (C=O) groups is 1. The molecule has 1 aromatic rings. The maximum Gasteiger partial charge on any atom is 0.338 e. The van der Waals surface area contributed by atoms with Crippen molar-refractivity contribution in [2.24, 2.45) is 0 Å². The van der Waals surface area contributed by atoms with Crippen LogP contribution in [0.15, 0.2) is 24.3 Å². The van der Waals surface area contributed by atoms with Crippen LogP contribution in [0.1, 0.15) is 15.9 Å². The number of carbonyl (C=O) groups excluding carboxylic acids is 1. The zero-order valence-electron chi connectivity index (χ0n) is 6.59. The molecule has 0 saturated carbocycles. The van der Waals surface area contributed by atoms with E-state index in [9.17, 15) is 4.79 Å². The smallest absolute Gasteiger partial charge is 0.338 e. The third-order valence-electron chi connectivity index (χ3n) is 1.93. The predicted molar refractivity (Wildman–Crippen MR) is 50.1 cm³/mol. The summed E-state index contributed by atoms with van der Waals surface area (Å²) in [7, 11) is 0. The fourth-order valence-electron chi connectivity index (χ4n) is 1.29. The van der Waals surface area contributed by atoms with Gasteiger partial charge in [0.25, 0.3) is 0 Å². The molecule has 0 aromatic heterocycles. The number of rotatable bonds is 0. The van der Waals surface area contributed by atoms with Crippen LogP contribution in [0.3, 0.4) is 0 Å². The predicted octanol–water partition coefficient (Wildman–Crippen LogP) is 2.49. The van der Waals surface area contributed by atoms with E-state index < -0.39 is 4.33 Å². The summed E-state index contributed by atoms with van der Waals surface area (Å²) in [5.41, 5.74) is 1.06. The van der Waals surface area contributed by atoms with E-state index in [0.717, 1.165) is 0 Å². The Labute approximate surface area is 85.4 Å². The summed E-state index contributed by atoms with van der Waals surface area (Å²) in [4.78, 5) is 11.2. The summed E-state index contributed by atoms with van der Waals surface area (Å²) < 4.78 is 3.71. The molecule has 0 fully saturated rings. The molecular weight excluding hydrogens is 211 g/mol. The number of hydrogen-bond acceptors (Lipinski definition) is 2. The largest absolute Gasteiger partial charge is 0.459 e. The molecule has 1 heterocycles. The third kappa shape index (κ3) is 1.40. The highest BCUT2D eigenvalue weighted by Crippen LogP contribution is 2.39. The van der Waals surface area contributed by atoms with Crippen molar-refractivity contribution in [3.05, 3.63) is 35.4 Å². The summed E-state index contributed by atoms with van der Waals surface area (Å²) in [5, 5.41) is 0. The van der Waals surface area contributed by atoms with Crippen LogP contribution in [0.2, 0.25) is 0 Å². The summed E-state index contributed by atoms with van der Waals surface area (Å²) in [6, 6.07) is 6.91. The lowest BCUT2D eigenvalue weighted by Gasteiger charge is -2.26. The lowest BCUT2D eigenvalue weighted by atomic mass is 10.0. The van der Waals surface area contributed by atoms with Gasteiger partial charge in [-0.15, -0.1) is 0 Å². The molecule has 0 spiro atoms. The Morgan fingerprint density at radius 3 is 2.69 bits per heavy atom. The van der Waals surface area contributed by atoms with Crippen LogP contribution < -0.4 is 0 Å². The fraction of sp³-hybridized carbons (Fsp3) is 0.222. The standard InChI is InChI=1S/C9H6Cl2O2/c10-9(11)5-13-8(12)6-3-1-2-4-7(6)9/h1-4H,5H2. The second-order valence-electron chi connectivity index (χ2n) is 2.83. The van der Waals surface area contributed by atoms with Gasteiger partial charge in [-0.3, -0.25) is 0 Å². The van der Waals surface area contributed by atoms with Crippen molar-refractivity contribution in [2.45, 2.75) is 4.33 Å². The zero-order chi connectivity index (χ0) is 9.47. The van der Waals surface area contributed by atoms with Crippen LogP contribution >= 0.6 is 23.2 Å². The van der Waals surface area contributed by atoms with E-state index in [1.165, 1.54) is 0 Å². The molecule has 68 valence electrons. The molecule has 0 N–H and O–H groups in total. The first-order valence-electron chi connectivity index (χ1n) is 3.76. The lowest BCUT2D eigenvalue weighted by Crippen LogP contribution is -2.29. The van der Waals surface area contributed by atoms with Crippen molar-refractivity contribution >= 4 is 29.2 Å². The highest BCUT2D eigenvalue weighted by molar-refractivity contribution is 6.48. The van der Waals surface area contributed by atoms with Crippen LogP contribution in [0.5, 0.6) is 0 Å². The van der Waals surface area contributed by atoms with E-state index in [0.29, 0.717) is 11.1 Å². The second-order valence-corrected chi connectivity index (χ2v) is 4.31. The molecular formula is C9H6Cl2O2. The summed E-state index contributed by atoms with van der Waals surface area (Å²) in [5.74, 6) is -0.368. The number of fused-ring (bicyclic) bond motifs is 1. The topological polar surface area (TPSA) is 26.3 Å². The van der Waals surface area contributed by atoms with Gasteiger partial charge in [0, 0.05) is 5.56 Å². The molecule has 2 rings (SSSR count). The van der Waals surface area contributed by atoms with E-state index in [2.05, 4.69) is 0 Å². The van der Waals surface area contributed by atoms with Crippen molar-refractivity contribution in [3.8, 4) is 0 Å². The molecule has 0 aliphatic carbocycles. The maximum absolute atomic E-state index is 11.2. The minimum absolute atomic E-state index is 0.00591. The summed E-state index contributed by atoms with van der Waals surface area (Å²) in [6.45, 7) is 0.00591. The minimum Gasteiger partial charge on any atom is -0.459 e. The van der Waals surface area contributed by atoms with E-state index in [1.807, 2.05) is 0 Å². The highest BCUT2D eigenvalue weighted by Gasteiger charge is 2.37. The van der Waals surface area contributed by atoms with Crippen LogP contribution in [0.25, 0.3) is 0 Å². The van der Waals surface area contributed by atoms with E-state index in [-0.39, 0.29) is 12.6 Å². The van der Waals surface area contributed by atoms with Gasteiger partial charge in [0.2, 0.25) is 0 Å². The van der Waals surface area contributed by atoms with Gasteiger partial charge in [0.15, 0.2) is 4.33 Å². The molecule has 0 saturated heterocycles. The Balaban J connectivity index is 2.61. The van der Waals surface area contributed by atoms with E-state index >= 15 is 0 Å². The van der Waals surface area contributed by atoms with Gasteiger partial charge in [-0.25, -0.2) is 4.79 Å². The van der Waals surface area contributed by atoms with Crippen LogP contribution in [0.4, 0.5) is 0 Å². The minimum atomic E-state index is -1.11. The number of cyclic esters (lactones) is 1. The SMILES string of the molecule is O=C1OCC(Cl)(Cl)c2ccccc21. The monoisotopic (exact) mass is 216 g/mol. The zero-order valence-corrected chi connectivity index (χ0v) is 8.10. The molecule has 1 aliphatic heterocycles. The third-order valence-corrected chi connectivity index (χ3v) is 2.55. The van der Waals surface area contributed by atoms with Crippen LogP contribution in [0, 0.1) is 0 Å². The molecule has 0 radical (unpaired) electrons. The van der Waals surface area contributed by atoms with Gasteiger partial charge in [-0.05, 0) is 6.07 Å². The molecule has 1 aliphatic rings. The first kappa shape index (κ1) is 8.85. The molecule has 1 aromatic carbocycles. The molecule has 0 unspecified atom stereocenters. The van der Waals surface area contributed by atoms with Crippen molar-refractivity contribution in [3.63, 3.8) is 0 Å². The Morgan fingerprint density at radius 1 is 1.31 bits per heavy atom. The summed E-state index contributed by atoms with van der Waals surface area (Å²) in [6.07, 6.45) is 0. The fourth-order valence-corrected chi connectivity index (χ4v) is 1.73. The van der Waals surface area contributed by atoms with Crippen molar-refractivity contribution in [1.29, 1.82) is 0 Å². The normalized spacial score (nSPS) is 19.1. The highest BCUT2D eigenvalue weighted by atomic mass is 35.5. The molecule has 2 nitrogen and oxygen atoms in total. The molecule has 13 heavy (non-hydrogen) atoms. The average Bonchev–Trinajstić information content (AvgIpc) is 2.13.